The van der Waals surface area contributed by atoms with E-state index in [2.05, 4.69) is 16.0 Å². The number of ether oxygens (including phenoxy) is 2. The second kappa shape index (κ2) is 40.2. The van der Waals surface area contributed by atoms with Crippen molar-refractivity contribution in [3.63, 3.8) is 0 Å². The molecule has 2 bridgehead atoms. The van der Waals surface area contributed by atoms with Gasteiger partial charge in [-0.05, 0) is 146 Å². The highest BCUT2D eigenvalue weighted by atomic mass is 19.4. The molecule has 3 N–H and O–H groups in total. The fourth-order valence-electron chi connectivity index (χ4n) is 17.2. The lowest BCUT2D eigenvalue weighted by atomic mass is 9.74. The van der Waals surface area contributed by atoms with Gasteiger partial charge in [0.25, 0.3) is 0 Å². The molecule has 1 spiro atoms. The highest BCUT2D eigenvalue weighted by Crippen LogP contribution is 2.46. The molecule has 7 aliphatic rings. The van der Waals surface area contributed by atoms with E-state index >= 15 is 42.3 Å². The number of carbonyl (C=O) groups is 12. The van der Waals surface area contributed by atoms with Crippen molar-refractivity contribution in [2.24, 2.45) is 35.5 Å². The Kier molecular flexibility index (Phi) is 32.9. The first-order valence-corrected chi connectivity index (χ1v) is 39.8. The van der Waals surface area contributed by atoms with Gasteiger partial charge in [-0.3, -0.25) is 57.5 Å². The van der Waals surface area contributed by atoms with Crippen molar-refractivity contribution in [2.75, 3.05) is 102 Å². The summed E-state index contributed by atoms with van der Waals surface area (Å²) in [7, 11) is 9.44. The third kappa shape index (κ3) is 22.6. The van der Waals surface area contributed by atoms with Gasteiger partial charge in [0.15, 0.2) is 0 Å². The van der Waals surface area contributed by atoms with Crippen LogP contribution in [0.5, 0.6) is 0 Å². The predicted molar refractivity (Wildman–Crippen MR) is 392 cm³/mol. The summed E-state index contributed by atoms with van der Waals surface area (Å²) in [6.07, 6.45) is -12.5. The molecule has 0 aromatic rings. The molecular weight excluding hydrogens is 1470 g/mol. The van der Waals surface area contributed by atoms with Crippen molar-refractivity contribution >= 4 is 70.9 Å². The molecule has 7 rings (SSSR count). The van der Waals surface area contributed by atoms with Gasteiger partial charge in [0.1, 0.15) is 72.1 Å². The van der Waals surface area contributed by atoms with Crippen LogP contribution in [0.1, 0.15) is 182 Å². The summed E-state index contributed by atoms with van der Waals surface area (Å²) < 4.78 is 127. The van der Waals surface area contributed by atoms with E-state index in [1.165, 1.54) is 64.0 Å². The first-order chi connectivity index (χ1) is 52.2. The molecule has 2 saturated heterocycles. The molecule has 0 aromatic carbocycles. The molecular formula is C77H120F8N12O14. The predicted octanol–water partition coefficient (Wildman–Crippen LogP) is 6.51. The Morgan fingerprint density at radius 2 is 1.29 bits per heavy atom. The van der Waals surface area contributed by atoms with Gasteiger partial charge in [-0.15, -0.1) is 0 Å². The van der Waals surface area contributed by atoms with Crippen LogP contribution >= 0.6 is 0 Å². The standard InChI is InChI=1S/C77H120F8N12O14/c1-13-34-89(6)69(104)57-41-61(99)93(10)59(45-110-36-14-2)66(101)87-64(46(5)15-3)72(107)91(8)44-62(100)92(9)55-25-18-17-21-35-96(71(55)106)58(39-47-26-29-50(30-27-47)76(80,81)82)70(105)90(7)43-60(98)86-54(31-28-48-37-52(78)63(53(79)38-48)77(83,84)85)68(103)97-42-51(111-16-4)40-56(97)67(102)88-75(32-22-33-75)74(109)95(12)65(73(108)94(57)11)49-23-19-20-24-49/h17-18,46-59,63-65H,13-16,19-45H2,1-12H3,(H,86,98)(H,87,101)(H,88,102)/b18-17-/t46-,47?,48?,50?,51+,52?,53?,54-,55-,56-,57-,58-,59-,63?,64-,65-/m0/s1. The van der Waals surface area contributed by atoms with E-state index in [-0.39, 0.29) is 103 Å². The van der Waals surface area contributed by atoms with Gasteiger partial charge in [-0.2, -0.15) is 26.3 Å². The number of carbonyl (C=O) groups excluding carboxylic acids is 12. The molecule has 4 saturated carbocycles. The van der Waals surface area contributed by atoms with Gasteiger partial charge < -0.3 is 69.5 Å². The molecule has 0 aromatic heterocycles. The van der Waals surface area contributed by atoms with Gasteiger partial charge in [-0.25, -0.2) is 8.78 Å². The van der Waals surface area contributed by atoms with Crippen LogP contribution in [0.3, 0.4) is 0 Å². The van der Waals surface area contributed by atoms with Crippen LogP contribution in [-0.2, 0) is 67.0 Å². The first kappa shape index (κ1) is 90.9. The Bertz CT molecular complexity index is 3270. The number of alkyl halides is 8. The fraction of sp³-hybridized carbons (Fsp3) is 0.818. The maximum Gasteiger partial charge on any atom is 0.397 e. The summed E-state index contributed by atoms with van der Waals surface area (Å²) in [6, 6.07) is -11.7. The smallest absolute Gasteiger partial charge is 0.379 e. The van der Waals surface area contributed by atoms with Crippen LogP contribution in [-0.4, -0.2) is 302 Å². The van der Waals surface area contributed by atoms with E-state index in [0.717, 1.165) is 29.4 Å². The van der Waals surface area contributed by atoms with Gasteiger partial charge in [-0.1, -0.05) is 59.1 Å². The van der Waals surface area contributed by atoms with Crippen LogP contribution in [0.15, 0.2) is 12.2 Å². The second-order valence-corrected chi connectivity index (χ2v) is 32.1. The number of fused-ring (bicyclic) bond motifs is 3. The van der Waals surface area contributed by atoms with Gasteiger partial charge in [0, 0.05) is 88.6 Å². The third-order valence-electron chi connectivity index (χ3n) is 24.3. The Morgan fingerprint density at radius 3 is 1.86 bits per heavy atom. The number of hydrogen-bond donors (Lipinski definition) is 3. The van der Waals surface area contributed by atoms with Crippen molar-refractivity contribution in [1.29, 1.82) is 0 Å². The van der Waals surface area contributed by atoms with Crippen LogP contribution in [0.4, 0.5) is 35.1 Å². The molecule has 12 amide bonds. The lowest BCUT2D eigenvalue weighted by molar-refractivity contribution is -0.219. The quantitative estimate of drug-likeness (QED) is 0.0795. The number of hydrogen-bond acceptors (Lipinski definition) is 14. The van der Waals surface area contributed by atoms with Crippen molar-refractivity contribution in [1.82, 2.24) is 60.0 Å². The third-order valence-corrected chi connectivity index (χ3v) is 24.3. The summed E-state index contributed by atoms with van der Waals surface area (Å²) in [5.74, 6) is -17.1. The Hall–Kier alpha value is -7.26. The number of likely N-dealkylation sites (N-methyl/N-ethyl adjacent to an activating group) is 7. The number of rotatable bonds is 17. The topological polar surface area (TPSA) is 289 Å². The molecule has 2 unspecified atom stereocenters. The number of nitrogens with zero attached hydrogens (tertiary/aromatic N) is 9. The minimum Gasteiger partial charge on any atom is -0.379 e. The monoisotopic (exact) mass is 1590 g/mol. The average molecular weight is 1590 g/mol. The van der Waals surface area contributed by atoms with E-state index in [0.29, 0.717) is 51.4 Å². The maximum atomic E-state index is 15.7. The van der Waals surface area contributed by atoms with Crippen LogP contribution in [0.25, 0.3) is 0 Å². The highest BCUT2D eigenvalue weighted by molar-refractivity contribution is 6.01. The zero-order chi connectivity index (χ0) is 82.3. The molecule has 3 aliphatic heterocycles. The molecule has 0 radical (unpaired) electrons. The molecule has 6 fully saturated rings. The Labute approximate surface area is 647 Å². The van der Waals surface area contributed by atoms with E-state index in [1.54, 1.807) is 32.9 Å². The summed E-state index contributed by atoms with van der Waals surface area (Å²) in [5, 5.41) is 8.38. The minimum atomic E-state index is -5.22. The average Bonchev–Trinajstić information content (AvgIpc) is 1.69. The summed E-state index contributed by atoms with van der Waals surface area (Å²) >= 11 is 0. The van der Waals surface area contributed by atoms with Crippen molar-refractivity contribution in [2.45, 2.75) is 267 Å². The Morgan fingerprint density at radius 1 is 0.649 bits per heavy atom. The van der Waals surface area contributed by atoms with Crippen molar-refractivity contribution in [3.05, 3.63) is 12.2 Å². The molecule has 111 heavy (non-hydrogen) atoms. The van der Waals surface area contributed by atoms with Crippen LogP contribution < -0.4 is 16.0 Å². The lowest BCUT2D eigenvalue weighted by Gasteiger charge is -2.46. The zero-order valence-electron chi connectivity index (χ0n) is 66.7. The highest BCUT2D eigenvalue weighted by Gasteiger charge is 2.56. The molecule has 26 nitrogen and oxygen atoms in total. The van der Waals surface area contributed by atoms with Crippen molar-refractivity contribution in [3.8, 4) is 0 Å². The summed E-state index contributed by atoms with van der Waals surface area (Å²) in [4.78, 5) is 192. The van der Waals surface area contributed by atoms with Crippen LogP contribution in [0.2, 0.25) is 0 Å². The second-order valence-electron chi connectivity index (χ2n) is 32.1. The normalized spacial score (nSPS) is 31.4. The molecule has 3 heterocycles. The fourth-order valence-corrected chi connectivity index (χ4v) is 17.2. The molecule has 4 aliphatic carbocycles. The number of amides is 12. The SMILES string of the molecule is CCCOC[C@H]1C(=O)N[C@@H]([C@@H](C)CC)C(=O)N(C)CC(=O)N(C)[C@H]2C/C=C\CCN(C2=O)[C@@H](CC2CCC(C(F)(F)F)CC2)C(=O)N(C)CC(=O)N[C@@H](CCC2CC(F)C(C(F)(F)F)C(F)C2)C(=O)N2C[C@H](OCC)C[C@H]2C(=O)NC2(CCC2)C(=O)N(C)[C@@H](C2CCCC2)C(=O)N(C)[C@H](C(=O)N(C)CCC)CC(=O)N1C. The van der Waals surface area contributed by atoms with Crippen LogP contribution in [0, 0.1) is 35.5 Å². The van der Waals surface area contributed by atoms with E-state index in [9.17, 15) is 50.3 Å². The number of nitrogens with one attached hydrogen (secondary N) is 3. The zero-order valence-corrected chi connectivity index (χ0v) is 66.7. The number of halogens is 8. The molecule has 12 atom stereocenters. The van der Waals surface area contributed by atoms with Gasteiger partial charge in [0.2, 0.25) is 70.9 Å². The van der Waals surface area contributed by atoms with Crippen molar-refractivity contribution < 1.29 is 102 Å². The lowest BCUT2D eigenvalue weighted by Crippen LogP contribution is -2.68. The first-order valence-electron chi connectivity index (χ1n) is 39.8. The molecule has 34 heteroatoms. The van der Waals surface area contributed by atoms with Gasteiger partial charge >= 0.3 is 12.4 Å². The van der Waals surface area contributed by atoms with E-state index < -0.39 is 236 Å². The van der Waals surface area contributed by atoms with Gasteiger partial charge in [0.05, 0.1) is 38.1 Å². The largest absolute Gasteiger partial charge is 0.397 e. The summed E-state index contributed by atoms with van der Waals surface area (Å²) in [6.45, 7) is 6.76. The van der Waals surface area contributed by atoms with E-state index in [4.69, 9.17) is 9.47 Å². The maximum absolute atomic E-state index is 15.7. The molecule has 628 valence electrons. The minimum absolute atomic E-state index is 0.00998. The Balaban J connectivity index is 1.34. The summed E-state index contributed by atoms with van der Waals surface area (Å²) in [5.41, 5.74) is -1.70. The van der Waals surface area contributed by atoms with E-state index in [1.807, 2.05) is 13.8 Å².